The first-order chi connectivity index (χ1) is 30.6. The van der Waals surface area contributed by atoms with E-state index >= 15 is 0 Å². The van der Waals surface area contributed by atoms with Gasteiger partial charge in [-0.1, -0.05) is 113 Å². The standard InChI is InChI=1S/C47H82N4O14/c1-9-11-13-15-17-19-60-27-31(28-61-20-18-16-14-12-10-2)62-26-30(48)24-51(49)25-35-38(54)40(56)42(58)45(64-35)65-44-41(57)39(55)37(53)34(63-44)23-50-43(59)32-21-29(46(3,4)5)22-33(36(32)52)47(6,7)8/h21-22,24,31,34,37,39-42,44-45,52-58H,9-20,23,25-28,48-49H2,1-8H3,(H,50,59)/p+1/b30-24-/t34?,37-,39?,40-,41?,42?,44+,45-/m1/s1. The van der Waals surface area contributed by atoms with Crippen molar-refractivity contribution in [1.82, 2.24) is 10.3 Å². The van der Waals surface area contributed by atoms with Crippen molar-refractivity contribution < 1.29 is 74.7 Å². The molecule has 65 heavy (non-hydrogen) atoms. The first-order valence-corrected chi connectivity index (χ1v) is 23.4. The van der Waals surface area contributed by atoms with Crippen molar-refractivity contribution in [3.63, 3.8) is 0 Å². The molecule has 2 aliphatic heterocycles. The zero-order chi connectivity index (χ0) is 48.5. The van der Waals surface area contributed by atoms with Crippen LogP contribution >= 0.6 is 0 Å². The van der Waals surface area contributed by atoms with Gasteiger partial charge in [0, 0.05) is 25.3 Å². The van der Waals surface area contributed by atoms with Crippen LogP contribution in [-0.2, 0) is 39.3 Å². The minimum absolute atomic E-state index is 0.00108. The Balaban J connectivity index is 1.64. The number of hydrogen-bond donors (Lipinski definition) is 10. The van der Waals surface area contributed by atoms with Gasteiger partial charge in [-0.3, -0.25) is 4.79 Å². The van der Waals surface area contributed by atoms with E-state index in [-0.39, 0.29) is 41.7 Å². The maximum atomic E-state index is 13.5. The highest BCUT2D eigenvalue weighted by molar-refractivity contribution is 5.97. The Morgan fingerprint density at radius 1 is 0.831 bits per heavy atom. The number of nitrogens with zero attached hydrogens (tertiary/aromatic N) is 1. The molecule has 18 heteroatoms. The number of quaternary nitrogens is 1. The molecule has 1 saturated heterocycles. The van der Waals surface area contributed by atoms with Crippen LogP contribution in [0.25, 0.3) is 0 Å². The molecule has 2 heterocycles. The number of nitrogens with two attached hydrogens (primary N) is 1. The lowest BCUT2D eigenvalue weighted by Gasteiger charge is -2.43. The molecule has 374 valence electrons. The van der Waals surface area contributed by atoms with Crippen LogP contribution in [0.3, 0.4) is 0 Å². The summed E-state index contributed by atoms with van der Waals surface area (Å²) in [4.78, 5) is 13.5. The average Bonchev–Trinajstić information content (AvgIpc) is 3.24. The Hall–Kier alpha value is -3.11. The summed E-state index contributed by atoms with van der Waals surface area (Å²) in [7, 11) is 0. The van der Waals surface area contributed by atoms with Crippen LogP contribution in [0.1, 0.15) is 141 Å². The Kier molecular flexibility index (Phi) is 23.4. The summed E-state index contributed by atoms with van der Waals surface area (Å²) < 4.78 is 35.2. The third kappa shape index (κ3) is 17.8. The van der Waals surface area contributed by atoms with Crippen molar-refractivity contribution in [2.45, 2.75) is 186 Å². The second-order valence-electron chi connectivity index (χ2n) is 19.4. The fraction of sp³-hybridized carbons (Fsp3) is 0.766. The van der Waals surface area contributed by atoms with Crippen molar-refractivity contribution in [3.05, 3.63) is 52.2 Å². The number of rotatable bonds is 27. The Morgan fingerprint density at radius 3 is 1.97 bits per heavy atom. The molecule has 0 aromatic heterocycles. The van der Waals surface area contributed by atoms with E-state index in [4.69, 9.17) is 34.3 Å². The number of aliphatic hydroxyl groups is 6. The molecule has 1 fully saturated rings. The summed E-state index contributed by atoms with van der Waals surface area (Å²) >= 11 is 0. The van der Waals surface area contributed by atoms with Gasteiger partial charge in [0.15, 0.2) is 17.8 Å². The number of unbranched alkanes of at least 4 members (excludes halogenated alkanes) is 8. The topological polar surface area (TPSA) is 283 Å². The van der Waals surface area contributed by atoms with Gasteiger partial charge in [-0.2, -0.15) is 0 Å². The number of benzene rings is 1. The van der Waals surface area contributed by atoms with Crippen LogP contribution in [0, 0.1) is 0 Å². The first-order valence-electron chi connectivity index (χ1n) is 23.4. The van der Waals surface area contributed by atoms with Gasteiger partial charge >= 0.3 is 0 Å². The van der Waals surface area contributed by atoms with Gasteiger partial charge in [-0.15, -0.1) is 0 Å². The van der Waals surface area contributed by atoms with Crippen molar-refractivity contribution >= 4 is 5.91 Å². The highest BCUT2D eigenvalue weighted by Crippen LogP contribution is 2.38. The van der Waals surface area contributed by atoms with Crippen molar-refractivity contribution in [2.75, 3.05) is 46.1 Å². The summed E-state index contributed by atoms with van der Waals surface area (Å²) in [5.74, 6) is 4.35. The van der Waals surface area contributed by atoms with Crippen molar-refractivity contribution in [3.8, 4) is 5.75 Å². The summed E-state index contributed by atoms with van der Waals surface area (Å²) in [5, 5.41) is 79.8. The molecule has 0 saturated carbocycles. The number of amides is 1. The number of phenols is 1. The smallest absolute Gasteiger partial charge is 0.255 e. The zero-order valence-electron chi connectivity index (χ0n) is 40.2. The number of phenolic OH excluding ortho intramolecular Hbond substituents is 1. The van der Waals surface area contributed by atoms with E-state index in [1.54, 1.807) is 6.07 Å². The average molecular weight is 928 g/mol. The van der Waals surface area contributed by atoms with E-state index < -0.39 is 72.8 Å². The lowest BCUT2D eigenvalue weighted by Crippen LogP contribution is -2.62. The van der Waals surface area contributed by atoms with Crippen LogP contribution in [0.5, 0.6) is 5.75 Å². The van der Waals surface area contributed by atoms with Crippen molar-refractivity contribution in [1.29, 1.82) is 0 Å². The molecule has 0 radical (unpaired) electrons. The normalized spacial score (nSPS) is 24.4. The van der Waals surface area contributed by atoms with E-state index in [2.05, 4.69) is 24.9 Å². The third-order valence-corrected chi connectivity index (χ3v) is 11.4. The van der Waals surface area contributed by atoms with Crippen molar-refractivity contribution in [2.24, 2.45) is 5.84 Å². The van der Waals surface area contributed by atoms with Gasteiger partial charge in [-0.25, -0.2) is 5.84 Å². The predicted molar refractivity (Wildman–Crippen MR) is 243 cm³/mol. The van der Waals surface area contributed by atoms with E-state index in [0.29, 0.717) is 37.7 Å². The molecule has 2 aliphatic rings. The molecule has 4 unspecified atom stereocenters. The molecule has 3 rings (SSSR count). The van der Waals surface area contributed by atoms with Gasteiger partial charge < -0.3 is 80.2 Å². The van der Waals surface area contributed by atoms with E-state index in [1.807, 2.05) is 47.6 Å². The molecule has 0 aliphatic carbocycles. The molecular weight excluding hydrogens is 845 g/mol. The Bertz CT molecular complexity index is 1630. The number of carbonyl (C=O) groups excluding carboxylic acids is 1. The van der Waals surface area contributed by atoms with Crippen LogP contribution in [0.15, 0.2) is 35.5 Å². The predicted octanol–water partition coefficient (Wildman–Crippen LogP) is 3.01. The fourth-order valence-corrected chi connectivity index (χ4v) is 7.30. The van der Waals surface area contributed by atoms with E-state index in [9.17, 15) is 40.5 Å². The number of aliphatic hydroxyl groups excluding tert-OH is 6. The van der Waals surface area contributed by atoms with Crippen LogP contribution in [0.4, 0.5) is 0 Å². The highest BCUT2D eigenvalue weighted by atomic mass is 16.8. The summed E-state index contributed by atoms with van der Waals surface area (Å²) in [5.41, 5.74) is 5.00. The molecule has 0 bridgehead atoms. The van der Waals surface area contributed by atoms with E-state index in [1.165, 1.54) is 44.7 Å². The van der Waals surface area contributed by atoms with Crippen LogP contribution in [-0.4, -0.2) is 148 Å². The van der Waals surface area contributed by atoms with Gasteiger partial charge in [0.25, 0.3) is 5.91 Å². The van der Waals surface area contributed by atoms with Gasteiger partial charge in [-0.05, 0) is 35.3 Å². The Morgan fingerprint density at radius 2 is 1.42 bits per heavy atom. The highest BCUT2D eigenvalue weighted by Gasteiger charge is 2.48. The monoisotopic (exact) mass is 928 g/mol. The molecule has 8 atom stereocenters. The lowest BCUT2D eigenvalue weighted by atomic mass is 9.79. The molecule has 13 N–H and O–H groups in total. The van der Waals surface area contributed by atoms with Crippen LogP contribution < -0.4 is 16.9 Å². The van der Waals surface area contributed by atoms with Gasteiger partial charge in [0.1, 0.15) is 60.8 Å². The number of nitrogens with one attached hydrogen (secondary N) is 1. The molecule has 1 amide bonds. The number of carbonyl (C=O) groups is 1. The maximum absolute atomic E-state index is 13.5. The molecule has 1 aromatic carbocycles. The molecule has 0 spiro atoms. The molecule has 1 aromatic rings. The SMILES string of the molecule is CCCCCCCOCC(COCCCCCCC)OC/C([NH3+])=C/N(N)CC1=C(O)[C@@H](O)C(O)[C@@H](O[C@@H]2OC(CNC(=O)c3cc(C(C)(C)C)cc(C(C)(C)C)c3O)[C@@H](O)C(O)C2O)O1. The maximum Gasteiger partial charge on any atom is 0.255 e. The summed E-state index contributed by atoms with van der Waals surface area (Å²) in [6.07, 6.45) is -1.81. The molecular formula is C47H83N4O14+. The minimum Gasteiger partial charge on any atom is -0.507 e. The Labute approximate surface area is 385 Å². The summed E-state index contributed by atoms with van der Waals surface area (Å²) in [6.45, 7) is 17.3. The van der Waals surface area contributed by atoms with Crippen LogP contribution in [0.2, 0.25) is 0 Å². The quantitative estimate of drug-likeness (QED) is 0.0345. The second kappa shape index (κ2) is 27.0. The minimum atomic E-state index is -1.91. The first kappa shape index (κ1) is 56.2. The fourth-order valence-electron chi connectivity index (χ4n) is 7.30. The number of hydrogen-bond acceptors (Lipinski definition) is 16. The lowest BCUT2D eigenvalue weighted by molar-refractivity contribution is -0.347. The van der Waals surface area contributed by atoms with Gasteiger partial charge in [0.2, 0.25) is 6.29 Å². The number of aromatic hydroxyl groups is 1. The zero-order valence-corrected chi connectivity index (χ0v) is 40.2. The second-order valence-corrected chi connectivity index (χ2v) is 19.4. The summed E-state index contributed by atoms with van der Waals surface area (Å²) in [6, 6.07) is 3.46. The number of ether oxygens (including phenoxy) is 6. The third-order valence-electron chi connectivity index (χ3n) is 11.4. The van der Waals surface area contributed by atoms with E-state index in [0.717, 1.165) is 36.3 Å². The molecule has 18 nitrogen and oxygen atoms in total. The largest absolute Gasteiger partial charge is 0.507 e. The number of hydrazine groups is 1. The van der Waals surface area contributed by atoms with Gasteiger partial charge in [0.05, 0.1) is 31.5 Å².